The van der Waals surface area contributed by atoms with Crippen molar-refractivity contribution in [3.8, 4) is 11.4 Å². The average Bonchev–Trinajstić information content (AvgIpc) is 2.55. The molecular formula is C7H6N2OS. The predicted octanol–water partition coefficient (Wildman–Crippen LogP) is 2.11. The number of aromatic nitrogens is 2. The summed E-state index contributed by atoms with van der Waals surface area (Å²) in [5.74, 6) is 0. The molecule has 0 fully saturated rings. The Hall–Kier alpha value is -1.16. The second-order valence-electron chi connectivity index (χ2n) is 2.14. The topological polar surface area (TPSA) is 38.9 Å². The van der Waals surface area contributed by atoms with Crippen LogP contribution in [0.3, 0.4) is 0 Å². The lowest BCUT2D eigenvalue weighted by atomic mass is 10.3. The van der Waals surface area contributed by atoms with Crippen molar-refractivity contribution < 1.29 is 4.52 Å². The maximum atomic E-state index is 4.69. The van der Waals surface area contributed by atoms with Gasteiger partial charge in [0.15, 0.2) is 0 Å². The van der Waals surface area contributed by atoms with E-state index in [0.717, 1.165) is 16.4 Å². The Morgan fingerprint density at radius 2 is 2.36 bits per heavy atom. The zero-order valence-electron chi connectivity index (χ0n) is 5.94. The normalized spacial score (nSPS) is 10.3. The van der Waals surface area contributed by atoms with Gasteiger partial charge in [-0.15, -0.1) is 11.3 Å². The smallest absolute Gasteiger partial charge is 0.133 e. The van der Waals surface area contributed by atoms with E-state index in [9.17, 15) is 0 Å². The lowest BCUT2D eigenvalue weighted by Crippen LogP contribution is -1.75. The van der Waals surface area contributed by atoms with Gasteiger partial charge in [0.25, 0.3) is 0 Å². The highest BCUT2D eigenvalue weighted by Crippen LogP contribution is 2.18. The van der Waals surface area contributed by atoms with Crippen LogP contribution in [-0.2, 0) is 0 Å². The van der Waals surface area contributed by atoms with Crippen molar-refractivity contribution >= 4 is 11.3 Å². The SMILES string of the molecule is Cc1nc(-c2ccon2)cs1. The molecule has 2 heterocycles. The molecule has 11 heavy (non-hydrogen) atoms. The van der Waals surface area contributed by atoms with Crippen LogP contribution in [0, 0.1) is 6.92 Å². The Balaban J connectivity index is 2.45. The molecule has 0 N–H and O–H groups in total. The van der Waals surface area contributed by atoms with Gasteiger partial charge in [0.2, 0.25) is 0 Å². The van der Waals surface area contributed by atoms with Crippen LogP contribution < -0.4 is 0 Å². The van der Waals surface area contributed by atoms with Gasteiger partial charge in [-0.3, -0.25) is 0 Å². The molecule has 0 saturated carbocycles. The second-order valence-corrected chi connectivity index (χ2v) is 3.20. The minimum Gasteiger partial charge on any atom is -0.364 e. The lowest BCUT2D eigenvalue weighted by Gasteiger charge is -1.82. The summed E-state index contributed by atoms with van der Waals surface area (Å²) in [6.45, 7) is 1.97. The summed E-state index contributed by atoms with van der Waals surface area (Å²) in [5.41, 5.74) is 1.69. The van der Waals surface area contributed by atoms with Crippen molar-refractivity contribution in [3.05, 3.63) is 22.7 Å². The van der Waals surface area contributed by atoms with E-state index in [1.807, 2.05) is 12.3 Å². The molecule has 0 aliphatic carbocycles. The van der Waals surface area contributed by atoms with E-state index >= 15 is 0 Å². The molecule has 4 heteroatoms. The zero-order chi connectivity index (χ0) is 7.68. The maximum Gasteiger partial charge on any atom is 0.133 e. The van der Waals surface area contributed by atoms with E-state index in [4.69, 9.17) is 4.52 Å². The minimum absolute atomic E-state index is 0.800. The summed E-state index contributed by atoms with van der Waals surface area (Å²) in [4.78, 5) is 4.25. The molecule has 2 aromatic rings. The van der Waals surface area contributed by atoms with Crippen LogP contribution in [0.5, 0.6) is 0 Å². The number of aryl methyl sites for hydroxylation is 1. The first kappa shape index (κ1) is 6.54. The van der Waals surface area contributed by atoms with Crippen LogP contribution in [0.15, 0.2) is 22.2 Å². The molecule has 3 nitrogen and oxygen atoms in total. The van der Waals surface area contributed by atoms with Crippen LogP contribution in [0.4, 0.5) is 0 Å². The second kappa shape index (κ2) is 2.47. The van der Waals surface area contributed by atoms with Crippen molar-refractivity contribution in [1.82, 2.24) is 10.1 Å². The Kier molecular flexibility index (Phi) is 1.47. The van der Waals surface area contributed by atoms with E-state index in [2.05, 4.69) is 10.1 Å². The van der Waals surface area contributed by atoms with Gasteiger partial charge in [-0.05, 0) is 6.92 Å². The van der Waals surface area contributed by atoms with Crippen LogP contribution in [0.1, 0.15) is 5.01 Å². The molecule has 2 aromatic heterocycles. The first-order chi connectivity index (χ1) is 5.36. The predicted molar refractivity (Wildman–Crippen MR) is 42.3 cm³/mol. The summed E-state index contributed by atoms with van der Waals surface area (Å²) < 4.78 is 4.69. The van der Waals surface area contributed by atoms with Gasteiger partial charge in [-0.2, -0.15) is 0 Å². The summed E-state index contributed by atoms with van der Waals surface area (Å²) in [6, 6.07) is 1.80. The third kappa shape index (κ3) is 1.17. The molecule has 0 atom stereocenters. The molecule has 0 aliphatic heterocycles. The summed E-state index contributed by atoms with van der Waals surface area (Å²) in [7, 11) is 0. The molecule has 0 bridgehead atoms. The number of thiazole rings is 1. The van der Waals surface area contributed by atoms with Crippen LogP contribution in [0.25, 0.3) is 11.4 Å². The average molecular weight is 166 g/mol. The van der Waals surface area contributed by atoms with Crippen molar-refractivity contribution in [1.29, 1.82) is 0 Å². The van der Waals surface area contributed by atoms with Crippen molar-refractivity contribution in [2.45, 2.75) is 6.92 Å². The van der Waals surface area contributed by atoms with Gasteiger partial charge in [-0.25, -0.2) is 4.98 Å². The van der Waals surface area contributed by atoms with E-state index < -0.39 is 0 Å². The summed E-state index contributed by atoms with van der Waals surface area (Å²) in [5, 5.41) is 6.78. The molecule has 0 unspecified atom stereocenters. The monoisotopic (exact) mass is 166 g/mol. The molecule has 0 amide bonds. The fourth-order valence-corrected chi connectivity index (χ4v) is 1.43. The highest BCUT2D eigenvalue weighted by Gasteiger charge is 2.03. The van der Waals surface area contributed by atoms with Gasteiger partial charge in [0, 0.05) is 11.4 Å². The van der Waals surface area contributed by atoms with Gasteiger partial charge in [0.05, 0.1) is 5.01 Å². The van der Waals surface area contributed by atoms with Gasteiger partial charge < -0.3 is 4.52 Å². The van der Waals surface area contributed by atoms with Gasteiger partial charge in [0.1, 0.15) is 17.7 Å². The molecule has 56 valence electrons. The number of rotatable bonds is 1. The third-order valence-electron chi connectivity index (χ3n) is 1.32. The first-order valence-electron chi connectivity index (χ1n) is 3.19. The number of hydrogen-bond donors (Lipinski definition) is 0. The lowest BCUT2D eigenvalue weighted by molar-refractivity contribution is 0.422. The Morgan fingerprint density at radius 1 is 1.45 bits per heavy atom. The maximum absolute atomic E-state index is 4.69. The van der Waals surface area contributed by atoms with Gasteiger partial charge in [-0.1, -0.05) is 5.16 Å². The molecule has 0 aliphatic rings. The molecule has 2 rings (SSSR count). The quantitative estimate of drug-likeness (QED) is 0.651. The minimum atomic E-state index is 0.800. The number of hydrogen-bond acceptors (Lipinski definition) is 4. The molecule has 0 spiro atoms. The van der Waals surface area contributed by atoms with E-state index in [-0.39, 0.29) is 0 Å². The van der Waals surface area contributed by atoms with Crippen molar-refractivity contribution in [2.24, 2.45) is 0 Å². The first-order valence-corrected chi connectivity index (χ1v) is 4.07. The fraction of sp³-hybridized carbons (Fsp3) is 0.143. The number of nitrogens with zero attached hydrogens (tertiary/aromatic N) is 2. The summed E-state index contributed by atoms with van der Waals surface area (Å²) >= 11 is 1.61. The fourth-order valence-electron chi connectivity index (χ4n) is 0.826. The highest BCUT2D eigenvalue weighted by atomic mass is 32.1. The highest BCUT2D eigenvalue weighted by molar-refractivity contribution is 7.09. The van der Waals surface area contributed by atoms with E-state index in [0.29, 0.717) is 0 Å². The van der Waals surface area contributed by atoms with Gasteiger partial charge >= 0.3 is 0 Å². The molecule has 0 aromatic carbocycles. The van der Waals surface area contributed by atoms with E-state index in [1.165, 1.54) is 0 Å². The third-order valence-corrected chi connectivity index (χ3v) is 2.09. The Labute approximate surface area is 67.7 Å². The van der Waals surface area contributed by atoms with Crippen molar-refractivity contribution in [2.75, 3.05) is 0 Å². The zero-order valence-corrected chi connectivity index (χ0v) is 6.76. The Morgan fingerprint density at radius 3 is 2.91 bits per heavy atom. The Bertz CT molecular complexity index is 339. The molecule has 0 saturated heterocycles. The van der Waals surface area contributed by atoms with Crippen LogP contribution in [-0.4, -0.2) is 10.1 Å². The summed E-state index contributed by atoms with van der Waals surface area (Å²) in [6.07, 6.45) is 1.55. The van der Waals surface area contributed by atoms with Crippen molar-refractivity contribution in [3.63, 3.8) is 0 Å². The largest absolute Gasteiger partial charge is 0.364 e. The van der Waals surface area contributed by atoms with E-state index in [1.54, 1.807) is 23.7 Å². The van der Waals surface area contributed by atoms with Crippen LogP contribution >= 0.6 is 11.3 Å². The molecular weight excluding hydrogens is 160 g/mol. The molecule has 0 radical (unpaired) electrons. The standard InChI is InChI=1S/C7H6N2OS/c1-5-8-7(4-11-5)6-2-3-10-9-6/h2-4H,1H3. The van der Waals surface area contributed by atoms with Crippen LogP contribution in [0.2, 0.25) is 0 Å².